The summed E-state index contributed by atoms with van der Waals surface area (Å²) in [5, 5.41) is 0. The molecule has 0 aromatic heterocycles. The lowest BCUT2D eigenvalue weighted by atomic mass is 9.89. The molecule has 0 bridgehead atoms. The van der Waals surface area contributed by atoms with Crippen LogP contribution in [0.2, 0.25) is 0 Å². The molecular formula is C18H40O6P2. The van der Waals surface area contributed by atoms with E-state index in [0.717, 1.165) is 51.4 Å². The summed E-state index contributed by atoms with van der Waals surface area (Å²) in [7, 11) is -9.22. The van der Waals surface area contributed by atoms with Crippen molar-refractivity contribution in [1.29, 1.82) is 0 Å². The second kappa shape index (κ2) is 12.7. The van der Waals surface area contributed by atoms with Crippen LogP contribution in [0.4, 0.5) is 0 Å². The molecule has 0 aliphatic rings. The molecule has 0 saturated carbocycles. The molecule has 0 aromatic carbocycles. The summed E-state index contributed by atoms with van der Waals surface area (Å²) < 4.78 is 24.4. The number of hydrogen-bond acceptors (Lipinski definition) is 2. The summed E-state index contributed by atoms with van der Waals surface area (Å²) in [6.07, 6.45) is 7.47. The Morgan fingerprint density at radius 2 is 0.962 bits per heavy atom. The molecule has 0 fully saturated rings. The lowest BCUT2D eigenvalue weighted by Crippen LogP contribution is -2.31. The fourth-order valence-electron chi connectivity index (χ4n) is 3.68. The highest BCUT2D eigenvalue weighted by atomic mass is 31.2. The maximum absolute atomic E-state index is 12.2. The summed E-state index contributed by atoms with van der Waals surface area (Å²) in [5.41, 5.74) is -2.53. The molecule has 0 aromatic rings. The molecule has 0 spiro atoms. The molecule has 6 nitrogen and oxygen atoms in total. The van der Waals surface area contributed by atoms with Gasteiger partial charge in [0.25, 0.3) is 0 Å². The Labute approximate surface area is 159 Å². The van der Waals surface area contributed by atoms with Crippen LogP contribution in [0.15, 0.2) is 0 Å². The van der Waals surface area contributed by atoms with Gasteiger partial charge in [-0.1, -0.05) is 79.1 Å². The van der Waals surface area contributed by atoms with Gasteiger partial charge in [0.15, 0.2) is 0 Å². The molecule has 4 atom stereocenters. The van der Waals surface area contributed by atoms with Crippen molar-refractivity contribution in [3.8, 4) is 0 Å². The minimum atomic E-state index is -4.61. The van der Waals surface area contributed by atoms with E-state index in [1.165, 1.54) is 0 Å². The van der Waals surface area contributed by atoms with Gasteiger partial charge in [-0.2, -0.15) is 0 Å². The molecule has 4 unspecified atom stereocenters. The number of unbranched alkanes of at least 4 members (excludes halogenated alkanes) is 2. The second-order valence-electron chi connectivity index (χ2n) is 7.62. The highest BCUT2D eigenvalue weighted by Crippen LogP contribution is 2.58. The third kappa shape index (κ3) is 10.0. The quantitative estimate of drug-likeness (QED) is 0.271. The molecule has 0 amide bonds. The highest BCUT2D eigenvalue weighted by Gasteiger charge is 2.46. The third-order valence-corrected chi connectivity index (χ3v) is 8.65. The standard InChI is InChI=1S/C18H40O6P2/c1-5-9-11-15(7-3)13-17(25(19,20)21)18(26(22,23)24)14-16(8-4)12-10-6-2/h15-18H,5-14H2,1-4H3,(H2,19,20,21)(H2,22,23,24). The predicted molar refractivity (Wildman–Crippen MR) is 108 cm³/mol. The van der Waals surface area contributed by atoms with Crippen LogP contribution in [0.1, 0.15) is 91.9 Å². The van der Waals surface area contributed by atoms with Crippen LogP contribution in [0.25, 0.3) is 0 Å². The average molecular weight is 414 g/mol. The van der Waals surface area contributed by atoms with Gasteiger partial charge in [0.05, 0.1) is 11.3 Å². The zero-order chi connectivity index (χ0) is 20.4. The van der Waals surface area contributed by atoms with Crippen molar-refractivity contribution >= 4 is 15.2 Å². The zero-order valence-corrected chi connectivity index (χ0v) is 18.7. The van der Waals surface area contributed by atoms with E-state index in [0.29, 0.717) is 0 Å². The Balaban J connectivity index is 5.55. The summed E-state index contributed by atoms with van der Waals surface area (Å²) in [6.45, 7) is 8.07. The van der Waals surface area contributed by atoms with Gasteiger partial charge in [0.2, 0.25) is 0 Å². The Morgan fingerprint density at radius 3 is 1.15 bits per heavy atom. The van der Waals surface area contributed by atoms with Gasteiger partial charge in [-0.3, -0.25) is 9.13 Å². The van der Waals surface area contributed by atoms with Crippen molar-refractivity contribution in [3.63, 3.8) is 0 Å². The van der Waals surface area contributed by atoms with Gasteiger partial charge in [0, 0.05) is 0 Å². The maximum atomic E-state index is 12.2. The molecule has 0 saturated heterocycles. The van der Waals surface area contributed by atoms with E-state index in [2.05, 4.69) is 13.8 Å². The first-order valence-corrected chi connectivity index (χ1v) is 13.5. The van der Waals surface area contributed by atoms with E-state index >= 15 is 0 Å². The first-order valence-electron chi connectivity index (χ1n) is 10.1. The molecule has 4 N–H and O–H groups in total. The molecule has 0 aliphatic carbocycles. The second-order valence-corrected chi connectivity index (χ2v) is 11.3. The van der Waals surface area contributed by atoms with E-state index in [1.807, 2.05) is 13.8 Å². The first-order chi connectivity index (χ1) is 12.0. The summed E-state index contributed by atoms with van der Waals surface area (Å²) in [4.78, 5) is 39.6. The van der Waals surface area contributed by atoms with Gasteiger partial charge < -0.3 is 19.6 Å². The molecular weight excluding hydrogens is 374 g/mol. The first kappa shape index (κ1) is 26.3. The third-order valence-electron chi connectivity index (χ3n) is 5.54. The van der Waals surface area contributed by atoms with Crippen molar-refractivity contribution in [2.75, 3.05) is 0 Å². The molecule has 8 heteroatoms. The summed E-state index contributed by atoms with van der Waals surface area (Å²) >= 11 is 0. The normalized spacial score (nSPS) is 17.7. The predicted octanol–water partition coefficient (Wildman–Crippen LogP) is 5.29. The topological polar surface area (TPSA) is 115 Å². The number of hydrogen-bond donors (Lipinski definition) is 4. The number of rotatable bonds is 15. The van der Waals surface area contributed by atoms with E-state index in [9.17, 15) is 28.7 Å². The van der Waals surface area contributed by atoms with Gasteiger partial charge in [0.1, 0.15) is 0 Å². The molecule has 0 aliphatic heterocycles. The van der Waals surface area contributed by atoms with Crippen LogP contribution in [0.3, 0.4) is 0 Å². The van der Waals surface area contributed by atoms with Crippen molar-refractivity contribution in [3.05, 3.63) is 0 Å². The molecule has 26 heavy (non-hydrogen) atoms. The zero-order valence-electron chi connectivity index (χ0n) is 16.9. The van der Waals surface area contributed by atoms with Crippen molar-refractivity contribution < 1.29 is 28.7 Å². The van der Waals surface area contributed by atoms with Crippen molar-refractivity contribution in [2.24, 2.45) is 11.8 Å². The van der Waals surface area contributed by atoms with Crippen LogP contribution in [0.5, 0.6) is 0 Å². The molecule has 0 rings (SSSR count). The molecule has 0 radical (unpaired) electrons. The Bertz CT molecular complexity index is 417. The van der Waals surface area contributed by atoms with E-state index in [-0.39, 0.29) is 24.7 Å². The van der Waals surface area contributed by atoms with E-state index in [1.54, 1.807) is 0 Å². The Hall–Kier alpha value is 0.300. The maximum Gasteiger partial charge on any atom is 0.329 e. The fourth-order valence-corrected chi connectivity index (χ4v) is 7.01. The SMILES string of the molecule is CCCCC(CC)CC(C(CC(CC)CCCC)P(=O)(O)O)P(=O)(O)O. The van der Waals surface area contributed by atoms with E-state index in [4.69, 9.17) is 0 Å². The van der Waals surface area contributed by atoms with Crippen molar-refractivity contribution in [2.45, 2.75) is 103 Å². The fraction of sp³-hybridized carbons (Fsp3) is 1.00. The monoisotopic (exact) mass is 414 g/mol. The lowest BCUT2D eigenvalue weighted by molar-refractivity contribution is 0.286. The lowest BCUT2D eigenvalue weighted by Gasteiger charge is -2.33. The minimum Gasteiger partial charge on any atom is -0.324 e. The summed E-state index contributed by atoms with van der Waals surface area (Å²) in [5.74, 6) is 0.162. The van der Waals surface area contributed by atoms with Crippen LogP contribution < -0.4 is 0 Å². The Morgan fingerprint density at radius 1 is 0.654 bits per heavy atom. The Kier molecular flexibility index (Phi) is 12.8. The van der Waals surface area contributed by atoms with Crippen molar-refractivity contribution in [1.82, 2.24) is 0 Å². The highest BCUT2D eigenvalue weighted by molar-refractivity contribution is 7.57. The van der Waals surface area contributed by atoms with Crippen LogP contribution in [0, 0.1) is 11.8 Å². The molecule has 0 heterocycles. The van der Waals surface area contributed by atoms with Crippen LogP contribution >= 0.6 is 15.2 Å². The van der Waals surface area contributed by atoms with Gasteiger partial charge in [-0.25, -0.2) is 0 Å². The van der Waals surface area contributed by atoms with Crippen LogP contribution in [-0.4, -0.2) is 30.9 Å². The van der Waals surface area contributed by atoms with Gasteiger partial charge >= 0.3 is 15.2 Å². The summed E-state index contributed by atoms with van der Waals surface area (Å²) in [6, 6.07) is 0. The van der Waals surface area contributed by atoms with E-state index < -0.39 is 26.5 Å². The van der Waals surface area contributed by atoms with Crippen LogP contribution in [-0.2, 0) is 9.13 Å². The van der Waals surface area contributed by atoms with Gasteiger partial charge in [-0.15, -0.1) is 0 Å². The molecule has 158 valence electrons. The largest absolute Gasteiger partial charge is 0.329 e. The van der Waals surface area contributed by atoms with Gasteiger partial charge in [-0.05, 0) is 24.7 Å². The smallest absolute Gasteiger partial charge is 0.324 e. The average Bonchev–Trinajstić information content (AvgIpc) is 2.54. The minimum absolute atomic E-state index is 0.0809.